The smallest absolute Gasteiger partial charge is 0.326 e. The normalized spacial score (nSPS) is 13.4. The molecule has 0 aliphatic carbocycles. The number of para-hydroxylation sites is 1. The van der Waals surface area contributed by atoms with Gasteiger partial charge in [0.15, 0.2) is 0 Å². The first-order valence-corrected chi connectivity index (χ1v) is 8.32. The molecule has 7 heteroatoms. The Morgan fingerprint density at radius 3 is 2.72 bits per heavy atom. The van der Waals surface area contributed by atoms with Crippen molar-refractivity contribution in [3.63, 3.8) is 0 Å². The molecule has 1 aromatic heterocycles. The van der Waals surface area contributed by atoms with Crippen LogP contribution < -0.4 is 10.9 Å². The number of rotatable bonds is 7. The number of nitrogens with zero attached hydrogens (tertiary/aromatic N) is 2. The summed E-state index contributed by atoms with van der Waals surface area (Å²) in [6.45, 7) is 5.68. The van der Waals surface area contributed by atoms with Crippen molar-refractivity contribution >= 4 is 22.8 Å². The summed E-state index contributed by atoms with van der Waals surface area (Å²) in [5.41, 5.74) is 1.35. The lowest BCUT2D eigenvalue weighted by molar-refractivity contribution is -0.143. The number of benzene rings is 1. The number of carboxylic acids is 1. The number of carbonyl (C=O) groups excluding carboxylic acids is 1. The van der Waals surface area contributed by atoms with Gasteiger partial charge < -0.3 is 10.4 Å². The predicted octanol–water partition coefficient (Wildman–Crippen LogP) is 1.71. The number of hydrogen-bond acceptors (Lipinski definition) is 4. The Kier molecular flexibility index (Phi) is 5.90. The van der Waals surface area contributed by atoms with Crippen molar-refractivity contribution in [2.45, 2.75) is 46.2 Å². The molecule has 2 aromatic rings. The van der Waals surface area contributed by atoms with Crippen molar-refractivity contribution in [2.75, 3.05) is 0 Å². The Balaban J connectivity index is 2.10. The first kappa shape index (κ1) is 18.6. The monoisotopic (exact) mass is 345 g/mol. The molecule has 1 aromatic carbocycles. The molecule has 2 N–H and O–H groups in total. The molecule has 7 nitrogen and oxygen atoms in total. The number of aryl methyl sites for hydroxylation is 2. The van der Waals surface area contributed by atoms with Crippen LogP contribution in [-0.2, 0) is 16.1 Å². The first-order chi connectivity index (χ1) is 11.8. The molecule has 0 saturated carbocycles. The van der Waals surface area contributed by atoms with E-state index in [4.69, 9.17) is 0 Å². The minimum atomic E-state index is -1.05. The quantitative estimate of drug-likeness (QED) is 0.795. The maximum atomic E-state index is 12.5. The Hall–Kier alpha value is -2.70. The molecule has 0 aliphatic rings. The summed E-state index contributed by atoms with van der Waals surface area (Å²) < 4.78 is 1.38. The van der Waals surface area contributed by atoms with Gasteiger partial charge in [0.05, 0.1) is 17.2 Å². The Labute approximate surface area is 145 Å². The fourth-order valence-electron chi connectivity index (χ4n) is 2.65. The van der Waals surface area contributed by atoms with Gasteiger partial charge in [0.1, 0.15) is 6.04 Å². The van der Waals surface area contributed by atoms with Crippen LogP contribution in [-0.4, -0.2) is 32.6 Å². The van der Waals surface area contributed by atoms with Crippen LogP contribution in [0.4, 0.5) is 0 Å². The van der Waals surface area contributed by atoms with Gasteiger partial charge in [0, 0.05) is 13.0 Å². The van der Waals surface area contributed by atoms with Gasteiger partial charge in [-0.3, -0.25) is 14.2 Å². The summed E-state index contributed by atoms with van der Waals surface area (Å²) in [6, 6.07) is 4.46. The van der Waals surface area contributed by atoms with E-state index < -0.39 is 17.9 Å². The molecule has 0 unspecified atom stereocenters. The van der Waals surface area contributed by atoms with Crippen LogP contribution >= 0.6 is 0 Å². The molecule has 0 radical (unpaired) electrons. The molecule has 1 heterocycles. The maximum Gasteiger partial charge on any atom is 0.326 e. The number of amides is 1. The average molecular weight is 345 g/mol. The van der Waals surface area contributed by atoms with Crippen molar-refractivity contribution in [1.29, 1.82) is 0 Å². The highest BCUT2D eigenvalue weighted by molar-refractivity contribution is 5.84. The van der Waals surface area contributed by atoms with Gasteiger partial charge in [-0.25, -0.2) is 9.78 Å². The number of carbonyl (C=O) groups is 2. The van der Waals surface area contributed by atoms with Gasteiger partial charge >= 0.3 is 5.97 Å². The lowest BCUT2D eigenvalue weighted by atomic mass is 9.99. The van der Waals surface area contributed by atoms with Crippen molar-refractivity contribution in [2.24, 2.45) is 5.92 Å². The Bertz CT molecular complexity index is 844. The van der Waals surface area contributed by atoms with E-state index in [1.54, 1.807) is 19.1 Å². The molecule has 0 saturated heterocycles. The molecule has 134 valence electrons. The zero-order valence-corrected chi connectivity index (χ0v) is 14.7. The van der Waals surface area contributed by atoms with Crippen LogP contribution in [0.2, 0.25) is 0 Å². The first-order valence-electron chi connectivity index (χ1n) is 8.32. The third-order valence-corrected chi connectivity index (χ3v) is 4.43. The predicted molar refractivity (Wildman–Crippen MR) is 94.4 cm³/mol. The largest absolute Gasteiger partial charge is 0.480 e. The molecule has 0 spiro atoms. The zero-order valence-electron chi connectivity index (χ0n) is 14.7. The number of fused-ring (bicyclic) bond motifs is 1. The molecule has 25 heavy (non-hydrogen) atoms. The van der Waals surface area contributed by atoms with Crippen LogP contribution in [0.25, 0.3) is 10.9 Å². The molecule has 2 rings (SSSR count). The highest BCUT2D eigenvalue weighted by atomic mass is 16.4. The number of aliphatic carboxylic acids is 1. The number of hydrogen-bond donors (Lipinski definition) is 2. The van der Waals surface area contributed by atoms with Gasteiger partial charge in [-0.05, 0) is 24.5 Å². The second kappa shape index (κ2) is 7.92. The summed E-state index contributed by atoms with van der Waals surface area (Å²) in [7, 11) is 0. The van der Waals surface area contributed by atoms with E-state index >= 15 is 0 Å². The second-order valence-electron chi connectivity index (χ2n) is 6.23. The van der Waals surface area contributed by atoms with Crippen LogP contribution in [0.3, 0.4) is 0 Å². The minimum absolute atomic E-state index is 0.0130. The molecular formula is C18H23N3O4. The SMILES string of the molecule is CC[C@H](C)[C@H](NC(=O)CCn1cnc2c(C)cccc2c1=O)C(=O)O. The standard InChI is InChI=1S/C18H23N3O4/c1-4-11(2)16(18(24)25)20-14(22)8-9-21-10-19-15-12(3)6-5-7-13(15)17(21)23/h5-7,10-11,16H,4,8-9H2,1-3H3,(H,20,22)(H,24,25)/t11-,16-/m0/s1. The van der Waals surface area contributed by atoms with Crippen LogP contribution in [0.15, 0.2) is 29.3 Å². The van der Waals surface area contributed by atoms with Crippen LogP contribution in [0, 0.1) is 12.8 Å². The number of nitrogens with one attached hydrogen (secondary N) is 1. The molecule has 0 bridgehead atoms. The number of aromatic nitrogens is 2. The maximum absolute atomic E-state index is 12.5. The van der Waals surface area contributed by atoms with E-state index in [0.717, 1.165) is 5.56 Å². The van der Waals surface area contributed by atoms with Crippen molar-refractivity contribution in [1.82, 2.24) is 14.9 Å². The number of carboxylic acid groups (broad SMARTS) is 1. The van der Waals surface area contributed by atoms with E-state index in [1.165, 1.54) is 10.9 Å². The van der Waals surface area contributed by atoms with Crippen molar-refractivity contribution in [3.05, 3.63) is 40.4 Å². The minimum Gasteiger partial charge on any atom is -0.480 e. The average Bonchev–Trinajstić information content (AvgIpc) is 2.59. The zero-order chi connectivity index (χ0) is 18.6. The lowest BCUT2D eigenvalue weighted by Crippen LogP contribution is -2.45. The Morgan fingerprint density at radius 2 is 2.08 bits per heavy atom. The third kappa shape index (κ3) is 4.23. The van der Waals surface area contributed by atoms with Crippen molar-refractivity contribution in [3.8, 4) is 0 Å². The van der Waals surface area contributed by atoms with E-state index in [1.807, 2.05) is 19.9 Å². The summed E-state index contributed by atoms with van der Waals surface area (Å²) in [4.78, 5) is 40.1. The van der Waals surface area contributed by atoms with E-state index in [2.05, 4.69) is 10.3 Å². The Morgan fingerprint density at radius 1 is 1.36 bits per heavy atom. The van der Waals surface area contributed by atoms with E-state index in [0.29, 0.717) is 17.3 Å². The third-order valence-electron chi connectivity index (χ3n) is 4.43. The lowest BCUT2D eigenvalue weighted by Gasteiger charge is -2.20. The van der Waals surface area contributed by atoms with Gasteiger partial charge in [-0.15, -0.1) is 0 Å². The van der Waals surface area contributed by atoms with E-state index in [9.17, 15) is 19.5 Å². The molecule has 0 fully saturated rings. The topological polar surface area (TPSA) is 101 Å². The van der Waals surface area contributed by atoms with Crippen molar-refractivity contribution < 1.29 is 14.7 Å². The molecule has 1 amide bonds. The molecule has 2 atom stereocenters. The van der Waals surface area contributed by atoms with Gasteiger partial charge in [0.2, 0.25) is 5.91 Å². The van der Waals surface area contributed by atoms with Crippen LogP contribution in [0.1, 0.15) is 32.3 Å². The summed E-state index contributed by atoms with van der Waals surface area (Å²) >= 11 is 0. The van der Waals surface area contributed by atoms with Gasteiger partial charge in [-0.1, -0.05) is 32.4 Å². The highest BCUT2D eigenvalue weighted by Gasteiger charge is 2.25. The summed E-state index contributed by atoms with van der Waals surface area (Å²) in [5, 5.41) is 12.3. The molecular weight excluding hydrogens is 322 g/mol. The fourth-order valence-corrected chi connectivity index (χ4v) is 2.65. The van der Waals surface area contributed by atoms with E-state index in [-0.39, 0.29) is 24.4 Å². The van der Waals surface area contributed by atoms with Gasteiger partial charge in [-0.2, -0.15) is 0 Å². The second-order valence-corrected chi connectivity index (χ2v) is 6.23. The highest BCUT2D eigenvalue weighted by Crippen LogP contribution is 2.11. The fraction of sp³-hybridized carbons (Fsp3) is 0.444. The molecule has 0 aliphatic heterocycles. The van der Waals surface area contributed by atoms with Crippen LogP contribution in [0.5, 0.6) is 0 Å². The summed E-state index contributed by atoms with van der Waals surface area (Å²) in [5.74, 6) is -1.62. The van der Waals surface area contributed by atoms with Gasteiger partial charge in [0.25, 0.3) is 5.56 Å². The summed E-state index contributed by atoms with van der Waals surface area (Å²) in [6.07, 6.45) is 2.08.